The zero-order valence-electron chi connectivity index (χ0n) is 9.37. The Hall–Kier alpha value is -1.88. The Morgan fingerprint density at radius 1 is 1.41 bits per heavy atom. The molecule has 1 aliphatic rings. The van der Waals surface area contributed by atoms with Gasteiger partial charge in [-0.1, -0.05) is 12.2 Å². The van der Waals surface area contributed by atoms with Gasteiger partial charge in [0, 0.05) is 12.7 Å². The summed E-state index contributed by atoms with van der Waals surface area (Å²) in [5.74, 6) is 0.889. The Morgan fingerprint density at radius 2 is 2.35 bits per heavy atom. The van der Waals surface area contributed by atoms with Crippen molar-refractivity contribution in [2.24, 2.45) is 0 Å². The second kappa shape index (κ2) is 4.18. The molecule has 5 heteroatoms. The van der Waals surface area contributed by atoms with Crippen LogP contribution in [0.1, 0.15) is 6.42 Å². The van der Waals surface area contributed by atoms with Crippen molar-refractivity contribution in [1.29, 1.82) is 0 Å². The number of aromatic amines is 1. The lowest BCUT2D eigenvalue weighted by Crippen LogP contribution is -2.40. The molecule has 0 unspecified atom stereocenters. The maximum atomic E-state index is 9.42. The van der Waals surface area contributed by atoms with Gasteiger partial charge in [0.15, 0.2) is 0 Å². The van der Waals surface area contributed by atoms with Crippen LogP contribution >= 0.6 is 0 Å². The molecule has 2 aromatic heterocycles. The predicted molar refractivity (Wildman–Crippen MR) is 65.9 cm³/mol. The molecule has 0 saturated carbocycles. The minimum absolute atomic E-state index is 0.105. The van der Waals surface area contributed by atoms with Gasteiger partial charge in [-0.25, -0.2) is 9.97 Å². The smallest absolute Gasteiger partial charge is 0.142 e. The maximum absolute atomic E-state index is 9.42. The predicted octanol–water partition coefficient (Wildman–Crippen LogP) is 1.09. The molecule has 3 heterocycles. The Balaban J connectivity index is 2.07. The molecule has 88 valence electrons. The number of hydrogen-bond acceptors (Lipinski definition) is 4. The van der Waals surface area contributed by atoms with Crippen LogP contribution < -0.4 is 4.90 Å². The molecule has 1 atom stereocenters. The number of H-pyrrole nitrogens is 1. The highest BCUT2D eigenvalue weighted by Crippen LogP contribution is 2.26. The Bertz CT molecular complexity index is 548. The Morgan fingerprint density at radius 3 is 3.24 bits per heavy atom. The minimum Gasteiger partial charge on any atom is -0.394 e. The fourth-order valence-corrected chi connectivity index (χ4v) is 2.24. The van der Waals surface area contributed by atoms with Crippen molar-refractivity contribution in [3.8, 4) is 0 Å². The summed E-state index contributed by atoms with van der Waals surface area (Å²) in [4.78, 5) is 13.7. The summed E-state index contributed by atoms with van der Waals surface area (Å²) in [6.07, 6.45) is 8.48. The molecule has 0 fully saturated rings. The number of aromatic nitrogens is 3. The number of aliphatic hydroxyl groups excluding tert-OH is 1. The zero-order chi connectivity index (χ0) is 11.7. The van der Waals surface area contributed by atoms with Crippen LogP contribution in [0.3, 0.4) is 0 Å². The third-order valence-corrected chi connectivity index (χ3v) is 3.13. The van der Waals surface area contributed by atoms with Crippen molar-refractivity contribution in [1.82, 2.24) is 15.0 Å². The third-order valence-electron chi connectivity index (χ3n) is 3.13. The van der Waals surface area contributed by atoms with Crippen molar-refractivity contribution >= 4 is 16.9 Å². The molecular weight excluding hydrogens is 216 g/mol. The van der Waals surface area contributed by atoms with E-state index >= 15 is 0 Å². The van der Waals surface area contributed by atoms with Crippen molar-refractivity contribution in [2.45, 2.75) is 12.5 Å². The monoisotopic (exact) mass is 230 g/mol. The van der Waals surface area contributed by atoms with E-state index in [1.165, 1.54) is 0 Å². The first kappa shape index (κ1) is 10.3. The van der Waals surface area contributed by atoms with Crippen LogP contribution in [0.15, 0.2) is 30.7 Å². The molecule has 0 saturated heterocycles. The zero-order valence-corrected chi connectivity index (χ0v) is 9.37. The first-order valence-electron chi connectivity index (χ1n) is 5.70. The third kappa shape index (κ3) is 1.68. The van der Waals surface area contributed by atoms with E-state index in [9.17, 15) is 5.11 Å². The number of rotatable bonds is 2. The van der Waals surface area contributed by atoms with Crippen molar-refractivity contribution in [3.05, 3.63) is 30.7 Å². The molecule has 3 rings (SSSR count). The van der Waals surface area contributed by atoms with E-state index in [4.69, 9.17) is 0 Å². The summed E-state index contributed by atoms with van der Waals surface area (Å²) in [6, 6.07) is 2.07. The van der Waals surface area contributed by atoms with Gasteiger partial charge < -0.3 is 15.0 Å². The van der Waals surface area contributed by atoms with Gasteiger partial charge in [-0.15, -0.1) is 0 Å². The molecule has 5 nitrogen and oxygen atoms in total. The number of fused-ring (bicyclic) bond motifs is 1. The van der Waals surface area contributed by atoms with Crippen molar-refractivity contribution in [2.75, 3.05) is 18.1 Å². The van der Waals surface area contributed by atoms with Gasteiger partial charge >= 0.3 is 0 Å². The largest absolute Gasteiger partial charge is 0.394 e. The molecule has 0 bridgehead atoms. The van der Waals surface area contributed by atoms with Crippen LogP contribution in [0.5, 0.6) is 0 Å². The second-order valence-electron chi connectivity index (χ2n) is 4.13. The van der Waals surface area contributed by atoms with E-state index in [1.807, 2.05) is 12.3 Å². The van der Waals surface area contributed by atoms with Gasteiger partial charge in [-0.2, -0.15) is 0 Å². The van der Waals surface area contributed by atoms with E-state index in [0.29, 0.717) is 0 Å². The number of hydrogen-bond donors (Lipinski definition) is 2. The minimum atomic E-state index is 0.105. The fourth-order valence-electron chi connectivity index (χ4n) is 2.24. The molecule has 1 aliphatic heterocycles. The van der Waals surface area contributed by atoms with Crippen LogP contribution in [0, 0.1) is 0 Å². The molecule has 0 amide bonds. The van der Waals surface area contributed by atoms with Crippen LogP contribution in [0.4, 0.5) is 5.82 Å². The SMILES string of the molecule is OC[C@H]1CC=CCN1c1ncnc2[nH]ccc12. The summed E-state index contributed by atoms with van der Waals surface area (Å²) >= 11 is 0. The highest BCUT2D eigenvalue weighted by molar-refractivity contribution is 5.87. The van der Waals surface area contributed by atoms with Crippen LogP contribution in [0.2, 0.25) is 0 Å². The molecule has 0 radical (unpaired) electrons. The fraction of sp³-hybridized carbons (Fsp3) is 0.333. The summed E-state index contributed by atoms with van der Waals surface area (Å²) in [7, 11) is 0. The molecule has 2 aromatic rings. The quantitative estimate of drug-likeness (QED) is 0.758. The lowest BCUT2D eigenvalue weighted by Gasteiger charge is -2.32. The number of nitrogens with zero attached hydrogens (tertiary/aromatic N) is 3. The van der Waals surface area contributed by atoms with E-state index in [-0.39, 0.29) is 12.6 Å². The van der Waals surface area contributed by atoms with Gasteiger partial charge in [-0.05, 0) is 12.5 Å². The standard InChI is InChI=1S/C12H14N4O/c17-7-9-3-1-2-6-16(9)12-10-4-5-13-11(10)14-8-15-12/h1-2,4-5,8-9,17H,3,6-7H2,(H,13,14,15)/t9-/m1/s1. The average Bonchev–Trinajstić information content (AvgIpc) is 2.86. The van der Waals surface area contributed by atoms with Gasteiger partial charge in [-0.3, -0.25) is 0 Å². The van der Waals surface area contributed by atoms with E-state index in [0.717, 1.165) is 29.8 Å². The van der Waals surface area contributed by atoms with Gasteiger partial charge in [0.05, 0.1) is 18.0 Å². The summed E-state index contributed by atoms with van der Waals surface area (Å²) in [6.45, 7) is 0.919. The number of nitrogens with one attached hydrogen (secondary N) is 1. The summed E-state index contributed by atoms with van der Waals surface area (Å²) < 4.78 is 0. The van der Waals surface area contributed by atoms with E-state index < -0.39 is 0 Å². The second-order valence-corrected chi connectivity index (χ2v) is 4.13. The summed E-state index contributed by atoms with van der Waals surface area (Å²) in [5, 5.41) is 10.4. The van der Waals surface area contributed by atoms with Crippen LogP contribution in [-0.2, 0) is 0 Å². The average molecular weight is 230 g/mol. The van der Waals surface area contributed by atoms with Crippen molar-refractivity contribution in [3.63, 3.8) is 0 Å². The number of anilines is 1. The molecule has 0 aliphatic carbocycles. The first-order chi connectivity index (χ1) is 8.40. The molecule has 0 spiro atoms. The van der Waals surface area contributed by atoms with Crippen LogP contribution in [0.25, 0.3) is 11.0 Å². The highest BCUT2D eigenvalue weighted by atomic mass is 16.3. The topological polar surface area (TPSA) is 65.0 Å². The van der Waals surface area contributed by atoms with Crippen LogP contribution in [-0.4, -0.2) is 39.3 Å². The van der Waals surface area contributed by atoms with Crippen molar-refractivity contribution < 1.29 is 5.11 Å². The van der Waals surface area contributed by atoms with Gasteiger partial charge in [0.25, 0.3) is 0 Å². The first-order valence-corrected chi connectivity index (χ1v) is 5.70. The molecule has 2 N–H and O–H groups in total. The summed E-state index contributed by atoms with van der Waals surface area (Å²) in [5.41, 5.74) is 0.834. The lowest BCUT2D eigenvalue weighted by molar-refractivity contribution is 0.259. The van der Waals surface area contributed by atoms with E-state index in [1.54, 1.807) is 6.33 Å². The Kier molecular flexibility index (Phi) is 2.53. The normalized spacial score (nSPS) is 20.1. The van der Waals surface area contributed by atoms with Gasteiger partial charge in [0.2, 0.25) is 0 Å². The molecular formula is C12H14N4O. The molecule has 17 heavy (non-hydrogen) atoms. The maximum Gasteiger partial charge on any atom is 0.142 e. The Labute approximate surface area is 98.8 Å². The van der Waals surface area contributed by atoms with E-state index in [2.05, 4.69) is 32.0 Å². The molecule has 0 aromatic carbocycles. The highest BCUT2D eigenvalue weighted by Gasteiger charge is 2.22. The lowest BCUT2D eigenvalue weighted by atomic mass is 10.1. The van der Waals surface area contributed by atoms with Gasteiger partial charge in [0.1, 0.15) is 17.8 Å². The number of aliphatic hydroxyl groups is 1.